The molecule has 0 unspecified atom stereocenters. The summed E-state index contributed by atoms with van der Waals surface area (Å²) in [6.07, 6.45) is 1.87. The number of hydrogen-bond donors (Lipinski definition) is 1. The standard InChI is InChI=1S/C17H23N3/c1-17(2,3)19-13-14-12-16(10-11-18-14)20(4)15-8-6-5-7-9-15/h5-12,19H,13H2,1-4H3. The minimum atomic E-state index is 0.100. The van der Waals surface area contributed by atoms with Gasteiger partial charge in [-0.3, -0.25) is 4.98 Å². The van der Waals surface area contributed by atoms with E-state index in [1.54, 1.807) is 0 Å². The lowest BCUT2D eigenvalue weighted by atomic mass is 10.1. The molecule has 0 radical (unpaired) electrons. The average molecular weight is 269 g/mol. The highest BCUT2D eigenvalue weighted by molar-refractivity contribution is 5.62. The van der Waals surface area contributed by atoms with Crippen molar-refractivity contribution in [3.05, 3.63) is 54.4 Å². The van der Waals surface area contributed by atoms with Gasteiger partial charge in [-0.05, 0) is 45.0 Å². The molecule has 0 aliphatic rings. The number of nitrogens with zero attached hydrogens (tertiary/aromatic N) is 2. The molecule has 0 spiro atoms. The van der Waals surface area contributed by atoms with Crippen LogP contribution in [0, 0.1) is 0 Å². The van der Waals surface area contributed by atoms with Gasteiger partial charge >= 0.3 is 0 Å². The number of pyridine rings is 1. The molecular formula is C17H23N3. The molecule has 1 N–H and O–H groups in total. The van der Waals surface area contributed by atoms with E-state index in [0.29, 0.717) is 0 Å². The second-order valence-electron chi connectivity index (χ2n) is 6.00. The van der Waals surface area contributed by atoms with Crippen molar-refractivity contribution in [2.75, 3.05) is 11.9 Å². The summed E-state index contributed by atoms with van der Waals surface area (Å²) < 4.78 is 0. The number of nitrogens with one attached hydrogen (secondary N) is 1. The quantitative estimate of drug-likeness (QED) is 0.916. The lowest BCUT2D eigenvalue weighted by Crippen LogP contribution is -2.35. The monoisotopic (exact) mass is 269 g/mol. The maximum absolute atomic E-state index is 4.43. The van der Waals surface area contributed by atoms with Crippen molar-refractivity contribution >= 4 is 11.4 Å². The zero-order valence-electron chi connectivity index (χ0n) is 12.7. The van der Waals surface area contributed by atoms with Gasteiger partial charge in [0.05, 0.1) is 5.69 Å². The Kier molecular flexibility index (Phi) is 4.40. The van der Waals surface area contributed by atoms with Gasteiger partial charge in [0.15, 0.2) is 0 Å². The van der Waals surface area contributed by atoms with Gasteiger partial charge in [0.2, 0.25) is 0 Å². The predicted octanol–water partition coefficient (Wildman–Crippen LogP) is 3.74. The van der Waals surface area contributed by atoms with E-state index >= 15 is 0 Å². The van der Waals surface area contributed by atoms with Crippen LogP contribution < -0.4 is 10.2 Å². The highest BCUT2D eigenvalue weighted by Gasteiger charge is 2.10. The molecular weight excluding hydrogens is 246 g/mol. The lowest BCUT2D eigenvalue weighted by Gasteiger charge is -2.22. The highest BCUT2D eigenvalue weighted by Crippen LogP contribution is 2.23. The molecule has 1 aromatic carbocycles. The number of para-hydroxylation sites is 1. The molecule has 0 aliphatic carbocycles. The lowest BCUT2D eigenvalue weighted by molar-refractivity contribution is 0.421. The van der Waals surface area contributed by atoms with E-state index in [0.717, 1.165) is 17.9 Å². The average Bonchev–Trinajstić information content (AvgIpc) is 2.45. The maximum Gasteiger partial charge on any atom is 0.0562 e. The second kappa shape index (κ2) is 6.06. The maximum atomic E-state index is 4.43. The van der Waals surface area contributed by atoms with E-state index in [1.807, 2.05) is 18.3 Å². The summed E-state index contributed by atoms with van der Waals surface area (Å²) in [5.74, 6) is 0. The number of anilines is 2. The van der Waals surface area contributed by atoms with Gasteiger partial charge in [0.1, 0.15) is 0 Å². The number of aromatic nitrogens is 1. The van der Waals surface area contributed by atoms with E-state index in [1.165, 1.54) is 5.69 Å². The Morgan fingerprint density at radius 3 is 2.40 bits per heavy atom. The molecule has 2 aromatic rings. The topological polar surface area (TPSA) is 28.2 Å². The van der Waals surface area contributed by atoms with Crippen LogP contribution in [0.15, 0.2) is 48.7 Å². The van der Waals surface area contributed by atoms with Crippen molar-refractivity contribution in [1.29, 1.82) is 0 Å². The molecule has 0 saturated carbocycles. The Morgan fingerprint density at radius 1 is 1.05 bits per heavy atom. The van der Waals surface area contributed by atoms with Crippen molar-refractivity contribution in [1.82, 2.24) is 10.3 Å². The Morgan fingerprint density at radius 2 is 1.75 bits per heavy atom. The third-order valence-corrected chi connectivity index (χ3v) is 3.13. The van der Waals surface area contributed by atoms with Crippen LogP contribution in [0.3, 0.4) is 0 Å². The molecule has 2 rings (SSSR count). The van der Waals surface area contributed by atoms with Gasteiger partial charge in [-0.1, -0.05) is 18.2 Å². The Hall–Kier alpha value is -1.87. The number of benzene rings is 1. The summed E-state index contributed by atoms with van der Waals surface area (Å²) in [6, 6.07) is 14.5. The van der Waals surface area contributed by atoms with Gasteiger partial charge in [0, 0.05) is 36.7 Å². The van der Waals surface area contributed by atoms with E-state index in [2.05, 4.69) is 73.4 Å². The Labute approximate surface area is 121 Å². The van der Waals surface area contributed by atoms with E-state index < -0.39 is 0 Å². The zero-order chi connectivity index (χ0) is 14.6. The minimum absolute atomic E-state index is 0.100. The molecule has 1 aromatic heterocycles. The van der Waals surface area contributed by atoms with Crippen LogP contribution in [-0.4, -0.2) is 17.6 Å². The summed E-state index contributed by atoms with van der Waals surface area (Å²) in [6.45, 7) is 7.26. The van der Waals surface area contributed by atoms with E-state index in [4.69, 9.17) is 0 Å². The molecule has 20 heavy (non-hydrogen) atoms. The largest absolute Gasteiger partial charge is 0.345 e. The van der Waals surface area contributed by atoms with Crippen molar-refractivity contribution < 1.29 is 0 Å². The van der Waals surface area contributed by atoms with Gasteiger partial charge in [-0.2, -0.15) is 0 Å². The predicted molar refractivity (Wildman–Crippen MR) is 85.3 cm³/mol. The Bertz CT molecular complexity index is 544. The minimum Gasteiger partial charge on any atom is -0.345 e. The van der Waals surface area contributed by atoms with Crippen LogP contribution in [0.25, 0.3) is 0 Å². The first-order chi connectivity index (χ1) is 9.46. The first kappa shape index (κ1) is 14.5. The van der Waals surface area contributed by atoms with Crippen LogP contribution in [-0.2, 0) is 6.54 Å². The first-order valence-electron chi connectivity index (χ1n) is 6.94. The summed E-state index contributed by atoms with van der Waals surface area (Å²) in [5, 5.41) is 3.46. The van der Waals surface area contributed by atoms with Gasteiger partial charge in [0.25, 0.3) is 0 Å². The summed E-state index contributed by atoms with van der Waals surface area (Å²) in [4.78, 5) is 6.60. The molecule has 3 heteroatoms. The van der Waals surface area contributed by atoms with Crippen molar-refractivity contribution in [2.45, 2.75) is 32.9 Å². The molecule has 0 fully saturated rings. The van der Waals surface area contributed by atoms with E-state index in [-0.39, 0.29) is 5.54 Å². The number of hydrogen-bond acceptors (Lipinski definition) is 3. The normalized spacial score (nSPS) is 11.4. The van der Waals surface area contributed by atoms with Crippen molar-refractivity contribution in [2.24, 2.45) is 0 Å². The molecule has 3 nitrogen and oxygen atoms in total. The van der Waals surface area contributed by atoms with E-state index in [9.17, 15) is 0 Å². The fourth-order valence-electron chi connectivity index (χ4n) is 1.93. The summed E-state index contributed by atoms with van der Waals surface area (Å²) in [7, 11) is 2.08. The van der Waals surface area contributed by atoms with Crippen LogP contribution in [0.5, 0.6) is 0 Å². The molecule has 1 heterocycles. The molecule has 0 saturated heterocycles. The second-order valence-corrected chi connectivity index (χ2v) is 6.00. The molecule has 0 atom stereocenters. The SMILES string of the molecule is CN(c1ccccc1)c1ccnc(CNC(C)(C)C)c1. The van der Waals surface area contributed by atoms with Crippen LogP contribution >= 0.6 is 0 Å². The van der Waals surface area contributed by atoms with Crippen LogP contribution in [0.1, 0.15) is 26.5 Å². The van der Waals surface area contributed by atoms with Crippen molar-refractivity contribution in [3.63, 3.8) is 0 Å². The third kappa shape index (κ3) is 4.07. The Balaban J connectivity index is 2.13. The van der Waals surface area contributed by atoms with Gasteiger partial charge in [-0.15, -0.1) is 0 Å². The molecule has 0 amide bonds. The molecule has 0 bridgehead atoms. The smallest absolute Gasteiger partial charge is 0.0562 e. The fraction of sp³-hybridized carbons (Fsp3) is 0.353. The van der Waals surface area contributed by atoms with Crippen LogP contribution in [0.2, 0.25) is 0 Å². The van der Waals surface area contributed by atoms with Crippen molar-refractivity contribution in [3.8, 4) is 0 Å². The molecule has 106 valence electrons. The zero-order valence-corrected chi connectivity index (χ0v) is 12.7. The van der Waals surface area contributed by atoms with Gasteiger partial charge < -0.3 is 10.2 Å². The highest BCUT2D eigenvalue weighted by atomic mass is 15.1. The summed E-state index contributed by atoms with van der Waals surface area (Å²) in [5.41, 5.74) is 3.48. The summed E-state index contributed by atoms with van der Waals surface area (Å²) >= 11 is 0. The van der Waals surface area contributed by atoms with Crippen LogP contribution in [0.4, 0.5) is 11.4 Å². The van der Waals surface area contributed by atoms with Gasteiger partial charge in [-0.25, -0.2) is 0 Å². The molecule has 0 aliphatic heterocycles. The first-order valence-corrected chi connectivity index (χ1v) is 6.94. The fourth-order valence-corrected chi connectivity index (χ4v) is 1.93. The third-order valence-electron chi connectivity index (χ3n) is 3.13. The number of rotatable bonds is 4.